The fourth-order valence-electron chi connectivity index (χ4n) is 2.49. The van der Waals surface area contributed by atoms with Crippen LogP contribution in [0, 0.1) is 5.41 Å². The molecule has 2 rings (SSSR count). The maximum absolute atomic E-state index is 5.48. The number of alkyl halides is 1. The van der Waals surface area contributed by atoms with E-state index in [9.17, 15) is 0 Å². The largest absolute Gasteiger partial charge is 0.381 e. The van der Waals surface area contributed by atoms with Crippen LogP contribution < -0.4 is 0 Å². The molecule has 1 fully saturated rings. The van der Waals surface area contributed by atoms with Gasteiger partial charge in [-0.1, -0.05) is 47.1 Å². The van der Waals surface area contributed by atoms with Gasteiger partial charge in [0.15, 0.2) is 0 Å². The third kappa shape index (κ3) is 3.32. The Kier molecular flexibility index (Phi) is 4.63. The van der Waals surface area contributed by atoms with Crippen molar-refractivity contribution >= 4 is 15.9 Å². The van der Waals surface area contributed by atoms with Gasteiger partial charge in [0.2, 0.25) is 0 Å². The van der Waals surface area contributed by atoms with Gasteiger partial charge in [-0.2, -0.15) is 0 Å². The zero-order chi connectivity index (χ0) is 12.1. The molecule has 1 saturated heterocycles. The molecule has 0 amide bonds. The number of hydrogen-bond donors (Lipinski definition) is 0. The molecule has 94 valence electrons. The van der Waals surface area contributed by atoms with Crippen LogP contribution in [0.5, 0.6) is 0 Å². The third-order valence-electron chi connectivity index (χ3n) is 3.85. The van der Waals surface area contributed by atoms with E-state index in [4.69, 9.17) is 4.74 Å². The van der Waals surface area contributed by atoms with Gasteiger partial charge >= 0.3 is 0 Å². The highest BCUT2D eigenvalue weighted by Gasteiger charge is 2.31. The average Bonchev–Trinajstić information content (AvgIpc) is 2.41. The standard InChI is InChI=1S/C15H21BrO/c1-2-13-3-5-14(6-4-13)11-15(12-16)7-9-17-10-8-15/h3-6H,2,7-12H2,1H3. The van der Waals surface area contributed by atoms with Gasteiger partial charge in [-0.25, -0.2) is 0 Å². The van der Waals surface area contributed by atoms with Crippen LogP contribution in [-0.4, -0.2) is 18.5 Å². The smallest absolute Gasteiger partial charge is 0.0471 e. The van der Waals surface area contributed by atoms with Gasteiger partial charge in [-0.15, -0.1) is 0 Å². The first-order chi connectivity index (χ1) is 8.28. The number of aryl methyl sites for hydroxylation is 1. The second-order valence-corrected chi connectivity index (χ2v) is 5.65. The molecule has 0 spiro atoms. The SMILES string of the molecule is CCc1ccc(CC2(CBr)CCOCC2)cc1. The second-order valence-electron chi connectivity index (χ2n) is 5.09. The zero-order valence-corrected chi connectivity index (χ0v) is 12.1. The molecule has 0 radical (unpaired) electrons. The van der Waals surface area contributed by atoms with Crippen molar-refractivity contribution in [3.05, 3.63) is 35.4 Å². The number of rotatable bonds is 4. The van der Waals surface area contributed by atoms with E-state index in [-0.39, 0.29) is 0 Å². The van der Waals surface area contributed by atoms with Crippen LogP contribution in [0.4, 0.5) is 0 Å². The molecule has 0 bridgehead atoms. The van der Waals surface area contributed by atoms with E-state index in [1.165, 1.54) is 30.4 Å². The topological polar surface area (TPSA) is 9.23 Å². The van der Waals surface area contributed by atoms with Crippen LogP contribution in [0.15, 0.2) is 24.3 Å². The number of halogens is 1. The highest BCUT2D eigenvalue weighted by molar-refractivity contribution is 9.09. The minimum Gasteiger partial charge on any atom is -0.381 e. The van der Waals surface area contributed by atoms with Gasteiger partial charge in [0, 0.05) is 18.5 Å². The fraction of sp³-hybridized carbons (Fsp3) is 0.600. The predicted octanol–water partition coefficient (Wildman–Crippen LogP) is 3.98. The van der Waals surface area contributed by atoms with Crippen molar-refractivity contribution in [3.63, 3.8) is 0 Å². The molecule has 0 aromatic heterocycles. The zero-order valence-electron chi connectivity index (χ0n) is 10.5. The highest BCUT2D eigenvalue weighted by Crippen LogP contribution is 2.36. The summed E-state index contributed by atoms with van der Waals surface area (Å²) in [5, 5.41) is 1.08. The van der Waals surface area contributed by atoms with Crippen molar-refractivity contribution in [2.45, 2.75) is 32.6 Å². The molecular weight excluding hydrogens is 276 g/mol. The van der Waals surface area contributed by atoms with E-state index in [1.807, 2.05) is 0 Å². The van der Waals surface area contributed by atoms with Gasteiger partial charge in [0.05, 0.1) is 0 Å². The lowest BCUT2D eigenvalue weighted by Gasteiger charge is -2.35. The Bertz CT molecular complexity index is 338. The Morgan fingerprint density at radius 3 is 2.24 bits per heavy atom. The molecule has 2 heteroatoms. The Morgan fingerprint density at radius 1 is 1.12 bits per heavy atom. The summed E-state index contributed by atoms with van der Waals surface area (Å²) in [6.07, 6.45) is 4.64. The first-order valence-electron chi connectivity index (χ1n) is 6.49. The Balaban J connectivity index is 2.06. The molecule has 0 N–H and O–H groups in total. The average molecular weight is 297 g/mol. The molecule has 0 aliphatic carbocycles. The normalized spacial score (nSPS) is 19.2. The monoisotopic (exact) mass is 296 g/mol. The van der Waals surface area contributed by atoms with Crippen LogP contribution in [0.25, 0.3) is 0 Å². The van der Waals surface area contributed by atoms with Gasteiger partial charge in [0.1, 0.15) is 0 Å². The summed E-state index contributed by atoms with van der Waals surface area (Å²) < 4.78 is 5.48. The van der Waals surface area contributed by atoms with Crippen molar-refractivity contribution in [3.8, 4) is 0 Å². The summed E-state index contributed by atoms with van der Waals surface area (Å²) in [5.74, 6) is 0. The molecule has 0 unspecified atom stereocenters. The molecule has 1 aliphatic heterocycles. The van der Waals surface area contributed by atoms with Crippen molar-refractivity contribution in [2.75, 3.05) is 18.5 Å². The number of ether oxygens (including phenoxy) is 1. The number of benzene rings is 1. The Hall–Kier alpha value is -0.340. The maximum Gasteiger partial charge on any atom is 0.0471 e. The van der Waals surface area contributed by atoms with Crippen LogP contribution in [0.1, 0.15) is 30.9 Å². The minimum absolute atomic E-state index is 0.409. The summed E-state index contributed by atoms with van der Waals surface area (Å²) in [4.78, 5) is 0. The van der Waals surface area contributed by atoms with E-state index in [0.29, 0.717) is 5.41 Å². The summed E-state index contributed by atoms with van der Waals surface area (Å²) in [6, 6.07) is 9.10. The molecule has 0 atom stereocenters. The molecule has 1 aromatic carbocycles. The van der Waals surface area contributed by atoms with Crippen molar-refractivity contribution < 1.29 is 4.74 Å². The van der Waals surface area contributed by atoms with Crippen molar-refractivity contribution in [2.24, 2.45) is 5.41 Å². The lowest BCUT2D eigenvalue weighted by atomic mass is 9.77. The van der Waals surface area contributed by atoms with E-state index in [0.717, 1.165) is 25.0 Å². The third-order valence-corrected chi connectivity index (χ3v) is 5.04. The van der Waals surface area contributed by atoms with Gasteiger partial charge < -0.3 is 4.74 Å². The Labute approximate surface area is 113 Å². The molecule has 1 nitrogen and oxygen atoms in total. The summed E-state index contributed by atoms with van der Waals surface area (Å²) in [6.45, 7) is 4.03. The van der Waals surface area contributed by atoms with E-state index in [2.05, 4.69) is 47.1 Å². The molecule has 1 aromatic rings. The number of hydrogen-bond acceptors (Lipinski definition) is 1. The van der Waals surface area contributed by atoms with Gasteiger partial charge in [0.25, 0.3) is 0 Å². The summed E-state index contributed by atoms with van der Waals surface area (Å²) in [5.41, 5.74) is 3.29. The van der Waals surface area contributed by atoms with Crippen LogP contribution in [-0.2, 0) is 17.6 Å². The van der Waals surface area contributed by atoms with Gasteiger partial charge in [-0.3, -0.25) is 0 Å². The first-order valence-corrected chi connectivity index (χ1v) is 7.62. The predicted molar refractivity (Wildman–Crippen MR) is 75.8 cm³/mol. The second kappa shape index (κ2) is 6.01. The minimum atomic E-state index is 0.409. The molecule has 0 saturated carbocycles. The van der Waals surface area contributed by atoms with Crippen LogP contribution in [0.2, 0.25) is 0 Å². The van der Waals surface area contributed by atoms with Crippen molar-refractivity contribution in [1.29, 1.82) is 0 Å². The molecule has 17 heavy (non-hydrogen) atoms. The van der Waals surface area contributed by atoms with E-state index >= 15 is 0 Å². The lowest BCUT2D eigenvalue weighted by molar-refractivity contribution is 0.0270. The van der Waals surface area contributed by atoms with Crippen molar-refractivity contribution in [1.82, 2.24) is 0 Å². The van der Waals surface area contributed by atoms with Crippen LogP contribution in [0.3, 0.4) is 0 Å². The summed E-state index contributed by atoms with van der Waals surface area (Å²) >= 11 is 3.70. The maximum atomic E-state index is 5.48. The first kappa shape index (κ1) is 13.1. The van der Waals surface area contributed by atoms with Crippen LogP contribution >= 0.6 is 15.9 Å². The fourth-order valence-corrected chi connectivity index (χ4v) is 3.25. The summed E-state index contributed by atoms with van der Waals surface area (Å²) in [7, 11) is 0. The highest BCUT2D eigenvalue weighted by atomic mass is 79.9. The van der Waals surface area contributed by atoms with E-state index < -0.39 is 0 Å². The molecule has 1 aliphatic rings. The quantitative estimate of drug-likeness (QED) is 0.764. The van der Waals surface area contributed by atoms with Gasteiger partial charge in [-0.05, 0) is 42.2 Å². The lowest BCUT2D eigenvalue weighted by Crippen LogP contribution is -2.33. The van der Waals surface area contributed by atoms with E-state index in [1.54, 1.807) is 0 Å². The molecular formula is C15H21BrO. The Morgan fingerprint density at radius 2 is 1.71 bits per heavy atom. The molecule has 1 heterocycles.